The second kappa shape index (κ2) is 9.59. The SMILES string of the molecule is C=CC(=O)N1CCCC[C@@H](n2c(NC(=O)c3ccccc3)nc3ccc4c(c32)OCCCO4)C1. The molecular weight excluding hydrogens is 432 g/mol. The van der Waals surface area contributed by atoms with Crippen LogP contribution in [0.2, 0.25) is 0 Å². The standard InChI is InChI=1S/C26H28N4O4/c1-2-22(31)29-14-7-6-11-19(17-29)30-23-20(12-13-21-24(23)34-16-8-15-33-21)27-26(30)28-25(32)18-9-4-3-5-10-18/h2-5,9-10,12-13,19H,1,6-8,11,14-17H2,(H,27,28,32)/t19-/m1/s1. The van der Waals surface area contributed by atoms with E-state index in [0.29, 0.717) is 54.8 Å². The summed E-state index contributed by atoms with van der Waals surface area (Å²) in [6.07, 6.45) is 4.84. The Labute approximate surface area is 198 Å². The molecule has 0 aliphatic carbocycles. The van der Waals surface area contributed by atoms with Crippen LogP contribution in [0.3, 0.4) is 0 Å². The first-order chi connectivity index (χ1) is 16.7. The third kappa shape index (κ3) is 4.23. The molecule has 1 aromatic heterocycles. The second-order valence-electron chi connectivity index (χ2n) is 8.57. The highest BCUT2D eigenvalue weighted by Crippen LogP contribution is 2.41. The van der Waals surface area contributed by atoms with Crippen molar-refractivity contribution in [3.8, 4) is 11.5 Å². The molecule has 3 heterocycles. The first kappa shape index (κ1) is 22.0. The molecule has 2 aliphatic heterocycles. The van der Waals surface area contributed by atoms with E-state index >= 15 is 0 Å². The minimum Gasteiger partial charge on any atom is -0.489 e. The maximum Gasteiger partial charge on any atom is 0.257 e. The molecule has 176 valence electrons. The van der Waals surface area contributed by atoms with Gasteiger partial charge in [-0.1, -0.05) is 24.8 Å². The molecule has 0 radical (unpaired) electrons. The number of hydrogen-bond acceptors (Lipinski definition) is 5. The van der Waals surface area contributed by atoms with E-state index in [-0.39, 0.29) is 17.9 Å². The minimum absolute atomic E-state index is 0.0930. The molecule has 0 unspecified atom stereocenters. The van der Waals surface area contributed by atoms with Gasteiger partial charge in [0.1, 0.15) is 5.52 Å². The summed E-state index contributed by atoms with van der Waals surface area (Å²) in [5.41, 5.74) is 2.03. The van der Waals surface area contributed by atoms with Crippen LogP contribution in [0.15, 0.2) is 55.1 Å². The van der Waals surface area contributed by atoms with E-state index in [1.54, 1.807) is 12.1 Å². The quantitative estimate of drug-likeness (QED) is 0.590. The summed E-state index contributed by atoms with van der Waals surface area (Å²) in [5.74, 6) is 1.40. The molecule has 0 bridgehead atoms. The van der Waals surface area contributed by atoms with Crippen LogP contribution < -0.4 is 14.8 Å². The zero-order chi connectivity index (χ0) is 23.5. The topological polar surface area (TPSA) is 85.7 Å². The number of nitrogens with one attached hydrogen (secondary N) is 1. The number of hydrogen-bond donors (Lipinski definition) is 1. The van der Waals surface area contributed by atoms with E-state index in [1.165, 1.54) is 6.08 Å². The first-order valence-electron chi connectivity index (χ1n) is 11.7. The number of likely N-dealkylation sites (tertiary alicyclic amines) is 1. The van der Waals surface area contributed by atoms with Gasteiger partial charge in [-0.25, -0.2) is 4.98 Å². The van der Waals surface area contributed by atoms with Crippen LogP contribution in [0.4, 0.5) is 5.95 Å². The monoisotopic (exact) mass is 460 g/mol. The van der Waals surface area contributed by atoms with Crippen molar-refractivity contribution in [2.45, 2.75) is 31.7 Å². The molecule has 2 aliphatic rings. The smallest absolute Gasteiger partial charge is 0.257 e. The first-order valence-corrected chi connectivity index (χ1v) is 11.7. The van der Waals surface area contributed by atoms with Crippen molar-refractivity contribution in [1.29, 1.82) is 0 Å². The third-order valence-corrected chi connectivity index (χ3v) is 6.32. The van der Waals surface area contributed by atoms with Gasteiger partial charge in [0.05, 0.1) is 24.8 Å². The maximum atomic E-state index is 13.1. The molecule has 5 rings (SSSR count). The minimum atomic E-state index is -0.243. The molecule has 1 atom stereocenters. The number of fused-ring (bicyclic) bond motifs is 3. The van der Waals surface area contributed by atoms with E-state index in [1.807, 2.05) is 39.8 Å². The molecular formula is C26H28N4O4. The van der Waals surface area contributed by atoms with Gasteiger partial charge >= 0.3 is 0 Å². The summed E-state index contributed by atoms with van der Waals surface area (Å²) in [5, 5.41) is 3.01. The number of anilines is 1. The normalized spacial score (nSPS) is 18.1. The van der Waals surface area contributed by atoms with Crippen LogP contribution in [0.1, 0.15) is 42.1 Å². The number of rotatable bonds is 4. The Bertz CT molecular complexity index is 1220. The molecule has 8 nitrogen and oxygen atoms in total. The zero-order valence-electron chi connectivity index (χ0n) is 19.0. The molecule has 0 saturated carbocycles. The van der Waals surface area contributed by atoms with Crippen molar-refractivity contribution < 1.29 is 19.1 Å². The molecule has 0 spiro atoms. The van der Waals surface area contributed by atoms with Gasteiger partial charge < -0.3 is 18.9 Å². The van der Waals surface area contributed by atoms with Crippen LogP contribution in [0.25, 0.3) is 11.0 Å². The largest absolute Gasteiger partial charge is 0.489 e. The number of amides is 2. The molecule has 1 N–H and O–H groups in total. The van der Waals surface area contributed by atoms with Crippen molar-refractivity contribution >= 4 is 28.8 Å². The number of ether oxygens (including phenoxy) is 2. The van der Waals surface area contributed by atoms with Gasteiger partial charge in [0.25, 0.3) is 5.91 Å². The molecule has 1 saturated heterocycles. The number of carbonyl (C=O) groups excluding carboxylic acids is 2. The van der Waals surface area contributed by atoms with Gasteiger partial charge in [0, 0.05) is 25.1 Å². The lowest BCUT2D eigenvalue weighted by atomic mass is 10.1. The highest BCUT2D eigenvalue weighted by Gasteiger charge is 2.29. The van der Waals surface area contributed by atoms with Crippen LogP contribution in [-0.2, 0) is 4.79 Å². The lowest BCUT2D eigenvalue weighted by molar-refractivity contribution is -0.126. The van der Waals surface area contributed by atoms with E-state index in [2.05, 4.69) is 11.9 Å². The Hall–Kier alpha value is -3.81. The Balaban J connectivity index is 1.63. The highest BCUT2D eigenvalue weighted by molar-refractivity contribution is 6.04. The zero-order valence-corrected chi connectivity index (χ0v) is 19.0. The van der Waals surface area contributed by atoms with Crippen LogP contribution in [0, 0.1) is 0 Å². The Morgan fingerprint density at radius 1 is 1.06 bits per heavy atom. The van der Waals surface area contributed by atoms with Crippen LogP contribution >= 0.6 is 0 Å². The van der Waals surface area contributed by atoms with Gasteiger partial charge in [0.15, 0.2) is 11.5 Å². The number of benzene rings is 2. The summed E-state index contributed by atoms with van der Waals surface area (Å²) in [7, 11) is 0. The Morgan fingerprint density at radius 3 is 2.71 bits per heavy atom. The summed E-state index contributed by atoms with van der Waals surface area (Å²) in [4.78, 5) is 32.2. The number of imidazole rings is 1. The van der Waals surface area contributed by atoms with E-state index in [9.17, 15) is 9.59 Å². The average molecular weight is 461 g/mol. The summed E-state index contributed by atoms with van der Waals surface area (Å²) < 4.78 is 14.1. The Kier molecular flexibility index (Phi) is 6.20. The molecule has 3 aromatic rings. The fourth-order valence-electron chi connectivity index (χ4n) is 4.67. The third-order valence-electron chi connectivity index (χ3n) is 6.32. The van der Waals surface area contributed by atoms with Gasteiger partial charge in [-0.15, -0.1) is 0 Å². The van der Waals surface area contributed by atoms with Crippen molar-refractivity contribution in [2.24, 2.45) is 0 Å². The average Bonchev–Trinajstić information content (AvgIpc) is 3.04. The fourth-order valence-corrected chi connectivity index (χ4v) is 4.67. The molecule has 1 fully saturated rings. The molecule has 2 amide bonds. The predicted molar refractivity (Wildman–Crippen MR) is 129 cm³/mol. The molecule has 8 heteroatoms. The van der Waals surface area contributed by atoms with E-state index in [0.717, 1.165) is 31.2 Å². The molecule has 34 heavy (non-hydrogen) atoms. The van der Waals surface area contributed by atoms with Crippen molar-refractivity contribution in [3.05, 3.63) is 60.7 Å². The maximum absolute atomic E-state index is 13.1. The van der Waals surface area contributed by atoms with Gasteiger partial charge in [0.2, 0.25) is 11.9 Å². The van der Waals surface area contributed by atoms with Gasteiger partial charge in [-0.3, -0.25) is 14.9 Å². The van der Waals surface area contributed by atoms with Crippen molar-refractivity contribution in [3.63, 3.8) is 0 Å². The van der Waals surface area contributed by atoms with Crippen LogP contribution in [0.5, 0.6) is 11.5 Å². The van der Waals surface area contributed by atoms with E-state index < -0.39 is 0 Å². The number of carbonyl (C=O) groups is 2. The van der Waals surface area contributed by atoms with Crippen molar-refractivity contribution in [1.82, 2.24) is 14.5 Å². The lowest BCUT2D eigenvalue weighted by Gasteiger charge is -2.26. The van der Waals surface area contributed by atoms with E-state index in [4.69, 9.17) is 14.5 Å². The predicted octanol–water partition coefficient (Wildman–Crippen LogP) is 4.19. The van der Waals surface area contributed by atoms with Gasteiger partial charge in [-0.05, 0) is 49.6 Å². The molecule has 2 aromatic carbocycles. The Morgan fingerprint density at radius 2 is 1.88 bits per heavy atom. The summed E-state index contributed by atoms with van der Waals surface area (Å²) in [6, 6.07) is 12.7. The lowest BCUT2D eigenvalue weighted by Crippen LogP contribution is -2.34. The fraction of sp³-hybridized carbons (Fsp3) is 0.346. The summed E-state index contributed by atoms with van der Waals surface area (Å²) >= 11 is 0. The van der Waals surface area contributed by atoms with Gasteiger partial charge in [-0.2, -0.15) is 0 Å². The summed E-state index contributed by atoms with van der Waals surface area (Å²) in [6.45, 7) is 5.95. The van der Waals surface area contributed by atoms with Crippen molar-refractivity contribution in [2.75, 3.05) is 31.6 Å². The number of nitrogens with zero attached hydrogens (tertiary/aromatic N) is 3. The second-order valence-corrected chi connectivity index (χ2v) is 8.57. The number of aromatic nitrogens is 2. The van der Waals surface area contributed by atoms with Crippen LogP contribution in [-0.4, -0.2) is 52.6 Å². The highest BCUT2D eigenvalue weighted by atomic mass is 16.5.